The lowest BCUT2D eigenvalue weighted by Gasteiger charge is -2.28. The third-order valence-electron chi connectivity index (χ3n) is 5.34. The molecule has 0 unspecified atom stereocenters. The highest BCUT2D eigenvalue weighted by Gasteiger charge is 2.23. The van der Waals surface area contributed by atoms with E-state index in [0.29, 0.717) is 6.04 Å². The van der Waals surface area contributed by atoms with Crippen LogP contribution in [0, 0.1) is 0 Å². The van der Waals surface area contributed by atoms with E-state index in [1.54, 1.807) is 7.11 Å². The summed E-state index contributed by atoms with van der Waals surface area (Å²) >= 11 is 0. The van der Waals surface area contributed by atoms with Crippen LogP contribution in [0.25, 0.3) is 10.9 Å². The molecule has 2 aromatic carbocycles. The highest BCUT2D eigenvalue weighted by Crippen LogP contribution is 2.27. The van der Waals surface area contributed by atoms with Crippen LogP contribution >= 0.6 is 0 Å². The lowest BCUT2D eigenvalue weighted by Crippen LogP contribution is -2.34. The Hall–Kier alpha value is -2.30. The Bertz CT molecular complexity index is 851. The maximum Gasteiger partial charge on any atom is 0.119 e. The SMILES string of the molecule is COc1cccc([C@@H](CNCc2ccc3[nH]ccc3c2)N2CCCC2)c1. The molecular formula is C22H27N3O. The molecule has 26 heavy (non-hydrogen) atoms. The third-order valence-corrected chi connectivity index (χ3v) is 5.34. The van der Waals surface area contributed by atoms with Crippen molar-refractivity contribution >= 4 is 10.9 Å². The van der Waals surface area contributed by atoms with Crippen LogP contribution in [0.4, 0.5) is 0 Å². The number of fused-ring (bicyclic) bond motifs is 1. The molecule has 2 heterocycles. The van der Waals surface area contributed by atoms with Gasteiger partial charge in [-0.05, 0) is 72.8 Å². The minimum absolute atomic E-state index is 0.392. The van der Waals surface area contributed by atoms with Gasteiger partial charge in [-0.15, -0.1) is 0 Å². The summed E-state index contributed by atoms with van der Waals surface area (Å²) in [5.74, 6) is 0.935. The molecule has 0 bridgehead atoms. The lowest BCUT2D eigenvalue weighted by molar-refractivity contribution is 0.238. The quantitative estimate of drug-likeness (QED) is 0.674. The Morgan fingerprint density at radius 1 is 1.12 bits per heavy atom. The smallest absolute Gasteiger partial charge is 0.119 e. The van der Waals surface area contributed by atoms with Crippen molar-refractivity contribution < 1.29 is 4.74 Å². The van der Waals surface area contributed by atoms with Crippen molar-refractivity contribution in [1.29, 1.82) is 0 Å². The van der Waals surface area contributed by atoms with Crippen LogP contribution in [0.3, 0.4) is 0 Å². The molecule has 136 valence electrons. The zero-order chi connectivity index (χ0) is 17.8. The second kappa shape index (κ2) is 7.94. The van der Waals surface area contributed by atoms with E-state index < -0.39 is 0 Å². The number of rotatable bonds is 7. The average Bonchev–Trinajstić information content (AvgIpc) is 3.36. The fraction of sp³-hybridized carbons (Fsp3) is 0.364. The summed E-state index contributed by atoms with van der Waals surface area (Å²) in [5, 5.41) is 4.95. The van der Waals surface area contributed by atoms with Gasteiger partial charge in [-0.2, -0.15) is 0 Å². The van der Waals surface area contributed by atoms with Crippen LogP contribution in [-0.2, 0) is 6.54 Å². The molecule has 0 amide bonds. The minimum atomic E-state index is 0.392. The summed E-state index contributed by atoms with van der Waals surface area (Å²) in [7, 11) is 1.74. The van der Waals surface area contributed by atoms with E-state index in [2.05, 4.69) is 57.7 Å². The molecule has 0 spiro atoms. The van der Waals surface area contributed by atoms with Crippen molar-refractivity contribution in [3.8, 4) is 5.75 Å². The molecule has 1 aromatic heterocycles. The first-order valence-corrected chi connectivity index (χ1v) is 9.48. The van der Waals surface area contributed by atoms with E-state index in [1.165, 1.54) is 48.0 Å². The van der Waals surface area contributed by atoms with Gasteiger partial charge in [0.1, 0.15) is 5.75 Å². The molecule has 0 aliphatic carbocycles. The number of ether oxygens (including phenoxy) is 1. The highest BCUT2D eigenvalue weighted by atomic mass is 16.5. The Morgan fingerprint density at radius 3 is 2.85 bits per heavy atom. The molecule has 1 atom stereocenters. The molecule has 1 fully saturated rings. The van der Waals surface area contributed by atoms with E-state index in [1.807, 2.05) is 12.3 Å². The van der Waals surface area contributed by atoms with Crippen LogP contribution < -0.4 is 10.1 Å². The van der Waals surface area contributed by atoms with Crippen LogP contribution in [0.1, 0.15) is 30.0 Å². The Labute approximate surface area is 155 Å². The number of likely N-dealkylation sites (tertiary alicyclic amines) is 1. The first kappa shape index (κ1) is 17.1. The fourth-order valence-electron chi connectivity index (χ4n) is 3.93. The number of benzene rings is 2. The summed E-state index contributed by atoms with van der Waals surface area (Å²) < 4.78 is 5.43. The molecule has 4 nitrogen and oxygen atoms in total. The molecule has 1 aliphatic heterocycles. The number of hydrogen-bond acceptors (Lipinski definition) is 3. The van der Waals surface area contributed by atoms with Crippen LogP contribution in [0.5, 0.6) is 5.75 Å². The normalized spacial score (nSPS) is 16.2. The van der Waals surface area contributed by atoms with Crippen molar-refractivity contribution in [2.45, 2.75) is 25.4 Å². The largest absolute Gasteiger partial charge is 0.497 e. The number of hydrogen-bond donors (Lipinski definition) is 2. The van der Waals surface area contributed by atoms with E-state index >= 15 is 0 Å². The standard InChI is InChI=1S/C22H27N3O/c1-26-20-6-4-5-19(14-20)22(25-11-2-3-12-25)16-23-15-17-7-8-21-18(13-17)9-10-24-21/h4-10,13-14,22-24H,2-3,11-12,15-16H2,1H3/t22-/m1/s1. The first-order chi connectivity index (χ1) is 12.8. The van der Waals surface area contributed by atoms with Crippen molar-refractivity contribution in [3.63, 3.8) is 0 Å². The molecule has 0 radical (unpaired) electrons. The maximum absolute atomic E-state index is 5.43. The number of nitrogens with one attached hydrogen (secondary N) is 2. The van der Waals surface area contributed by atoms with Crippen molar-refractivity contribution in [2.75, 3.05) is 26.7 Å². The maximum atomic E-state index is 5.43. The topological polar surface area (TPSA) is 40.3 Å². The summed E-state index contributed by atoms with van der Waals surface area (Å²) in [6, 6.07) is 17.6. The van der Waals surface area contributed by atoms with Crippen LogP contribution in [-0.4, -0.2) is 36.6 Å². The van der Waals surface area contributed by atoms with E-state index in [-0.39, 0.29) is 0 Å². The van der Waals surface area contributed by atoms with Gasteiger partial charge in [0.25, 0.3) is 0 Å². The van der Waals surface area contributed by atoms with Gasteiger partial charge in [-0.25, -0.2) is 0 Å². The summed E-state index contributed by atoms with van der Waals surface area (Å²) in [5.41, 5.74) is 3.85. The fourth-order valence-corrected chi connectivity index (χ4v) is 3.93. The number of H-pyrrole nitrogens is 1. The van der Waals surface area contributed by atoms with Gasteiger partial charge >= 0.3 is 0 Å². The molecular weight excluding hydrogens is 322 g/mol. The molecule has 4 heteroatoms. The lowest BCUT2D eigenvalue weighted by atomic mass is 10.0. The number of nitrogens with zero attached hydrogens (tertiary/aromatic N) is 1. The zero-order valence-electron chi connectivity index (χ0n) is 15.4. The summed E-state index contributed by atoms with van der Waals surface area (Å²) in [6.45, 7) is 4.19. The van der Waals surface area contributed by atoms with Crippen molar-refractivity contribution in [1.82, 2.24) is 15.2 Å². The van der Waals surface area contributed by atoms with Gasteiger partial charge in [0.2, 0.25) is 0 Å². The molecule has 1 saturated heterocycles. The van der Waals surface area contributed by atoms with Gasteiger partial charge < -0.3 is 15.0 Å². The second-order valence-corrected chi connectivity index (χ2v) is 7.07. The van der Waals surface area contributed by atoms with E-state index in [0.717, 1.165) is 18.8 Å². The molecule has 3 aromatic rings. The number of aromatic nitrogens is 1. The van der Waals surface area contributed by atoms with E-state index in [4.69, 9.17) is 4.74 Å². The summed E-state index contributed by atoms with van der Waals surface area (Å²) in [6.07, 6.45) is 4.59. The Kier molecular flexibility index (Phi) is 5.23. The predicted molar refractivity (Wildman–Crippen MR) is 107 cm³/mol. The predicted octanol–water partition coefficient (Wildman–Crippen LogP) is 4.10. The van der Waals surface area contributed by atoms with Crippen molar-refractivity contribution in [2.24, 2.45) is 0 Å². The van der Waals surface area contributed by atoms with Crippen LogP contribution in [0.2, 0.25) is 0 Å². The number of aromatic amines is 1. The van der Waals surface area contributed by atoms with Gasteiger partial charge in [-0.3, -0.25) is 4.90 Å². The van der Waals surface area contributed by atoms with Gasteiger partial charge in [0.05, 0.1) is 7.11 Å². The molecule has 4 rings (SSSR count). The second-order valence-electron chi connectivity index (χ2n) is 7.07. The summed E-state index contributed by atoms with van der Waals surface area (Å²) in [4.78, 5) is 5.85. The highest BCUT2D eigenvalue weighted by molar-refractivity contribution is 5.79. The van der Waals surface area contributed by atoms with Gasteiger partial charge in [-0.1, -0.05) is 18.2 Å². The van der Waals surface area contributed by atoms with Crippen molar-refractivity contribution in [3.05, 3.63) is 65.9 Å². The van der Waals surface area contributed by atoms with Gasteiger partial charge in [0.15, 0.2) is 0 Å². The average molecular weight is 349 g/mol. The first-order valence-electron chi connectivity index (χ1n) is 9.48. The minimum Gasteiger partial charge on any atom is -0.497 e. The van der Waals surface area contributed by atoms with Gasteiger partial charge in [0, 0.05) is 30.8 Å². The molecule has 1 aliphatic rings. The van der Waals surface area contributed by atoms with E-state index in [9.17, 15) is 0 Å². The molecule has 0 saturated carbocycles. The Balaban J connectivity index is 1.45. The monoisotopic (exact) mass is 349 g/mol. The Morgan fingerprint density at radius 2 is 2.00 bits per heavy atom. The third kappa shape index (κ3) is 3.76. The molecule has 2 N–H and O–H groups in total. The van der Waals surface area contributed by atoms with Crippen LogP contribution in [0.15, 0.2) is 54.7 Å². The zero-order valence-corrected chi connectivity index (χ0v) is 15.4. The number of methoxy groups -OCH3 is 1.